The fourth-order valence-electron chi connectivity index (χ4n) is 10.6. The number of rotatable bonds is 7. The molecule has 5 nitrogen and oxygen atoms in total. The summed E-state index contributed by atoms with van der Waals surface area (Å²) in [6.45, 7) is 50.3. The summed E-state index contributed by atoms with van der Waals surface area (Å²) in [6, 6.07) is 42.8. The first-order valence-electron chi connectivity index (χ1n) is 32.2. The Morgan fingerprint density at radius 3 is 0.914 bits per heavy atom. The highest BCUT2D eigenvalue weighted by Crippen LogP contribution is 2.40. The summed E-state index contributed by atoms with van der Waals surface area (Å²) in [5, 5.41) is 5.82. The number of piperidine rings is 12. The van der Waals surface area contributed by atoms with Crippen molar-refractivity contribution in [3.05, 3.63) is 121 Å². The van der Waals surface area contributed by atoms with E-state index >= 15 is 0 Å². The summed E-state index contributed by atoms with van der Waals surface area (Å²) in [7, 11) is 0. The van der Waals surface area contributed by atoms with Crippen LogP contribution in [-0.4, -0.2) is 133 Å². The predicted molar refractivity (Wildman–Crippen MR) is 383 cm³/mol. The lowest BCUT2D eigenvalue weighted by atomic mass is 9.12. The van der Waals surface area contributed by atoms with Gasteiger partial charge in [0.2, 0.25) is 0 Å². The Morgan fingerprint density at radius 1 is 0.407 bits per heavy atom. The van der Waals surface area contributed by atoms with Gasteiger partial charge in [-0.3, -0.25) is 0 Å². The summed E-state index contributed by atoms with van der Waals surface area (Å²) in [6.07, 6.45) is 11.1. The Hall–Kier alpha value is -1.72. The molecule has 16 rings (SSSR count). The molecule has 81 heavy (non-hydrogen) atoms. The van der Waals surface area contributed by atoms with Crippen molar-refractivity contribution in [3.8, 4) is 0 Å². The first kappa shape index (κ1) is 81.3. The Kier molecular flexibility index (Phi) is 51.7. The molecular formula is C69H123B2Cl2N5S3. The third-order valence-corrected chi connectivity index (χ3v) is 19.3. The maximum atomic E-state index is 6.07. The number of alkyl halides is 1. The zero-order valence-electron chi connectivity index (χ0n) is 53.8. The van der Waals surface area contributed by atoms with Crippen molar-refractivity contribution in [3.63, 3.8) is 0 Å². The number of nitrogens with one attached hydrogen (secondary N) is 1. The van der Waals surface area contributed by atoms with Crippen molar-refractivity contribution in [2.45, 2.75) is 206 Å². The maximum Gasteiger partial charge on any atom is 0.102 e. The van der Waals surface area contributed by atoms with Crippen molar-refractivity contribution in [1.82, 2.24) is 19.6 Å². The number of para-hydroxylation sites is 1. The van der Waals surface area contributed by atoms with Gasteiger partial charge in [0.05, 0.1) is 0 Å². The number of benzene rings is 4. The van der Waals surface area contributed by atoms with Crippen LogP contribution in [0.25, 0.3) is 0 Å². The van der Waals surface area contributed by atoms with Gasteiger partial charge < -0.3 is 24.9 Å². The number of halogens is 2. The normalized spacial score (nSPS) is 26.3. The van der Waals surface area contributed by atoms with Crippen LogP contribution in [0.3, 0.4) is 0 Å². The molecule has 1 N–H and O–H groups in total. The van der Waals surface area contributed by atoms with Gasteiger partial charge in [0.15, 0.2) is 0 Å². The highest BCUT2D eigenvalue weighted by atomic mass is 35.5. The van der Waals surface area contributed by atoms with E-state index in [1.807, 2.05) is 113 Å². The van der Waals surface area contributed by atoms with E-state index in [1.165, 1.54) is 139 Å². The molecule has 4 atom stereocenters. The third kappa shape index (κ3) is 32.6. The molecule has 12 saturated heterocycles. The molecule has 462 valence electrons. The van der Waals surface area contributed by atoms with Crippen LogP contribution >= 0.6 is 60.2 Å². The summed E-state index contributed by atoms with van der Waals surface area (Å²) < 4.78 is 0. The van der Waals surface area contributed by atoms with Gasteiger partial charge in [0.25, 0.3) is 0 Å². The van der Waals surface area contributed by atoms with E-state index < -0.39 is 0 Å². The van der Waals surface area contributed by atoms with Gasteiger partial charge in [0, 0.05) is 68.5 Å². The number of hydrogen-bond acceptors (Lipinski definition) is 8. The minimum absolute atomic E-state index is 0. The van der Waals surface area contributed by atoms with Gasteiger partial charge in [-0.1, -0.05) is 191 Å². The van der Waals surface area contributed by atoms with E-state index in [0.29, 0.717) is 11.4 Å². The Balaban J connectivity index is 0. The van der Waals surface area contributed by atoms with Crippen LogP contribution in [0, 0.1) is 23.7 Å². The topological polar surface area (TPSA) is 25.0 Å². The first-order chi connectivity index (χ1) is 38.6. The van der Waals surface area contributed by atoms with Crippen molar-refractivity contribution >= 4 is 79.1 Å². The lowest BCUT2D eigenvalue weighted by Crippen LogP contribution is -2.53. The molecule has 12 aliphatic heterocycles. The van der Waals surface area contributed by atoms with E-state index in [0.717, 1.165) is 58.8 Å². The summed E-state index contributed by atoms with van der Waals surface area (Å²) in [5.41, 5.74) is 1.27. The summed E-state index contributed by atoms with van der Waals surface area (Å²) in [5.74, 6) is 3.69. The molecule has 4 aromatic rings. The molecule has 0 saturated carbocycles. The van der Waals surface area contributed by atoms with Crippen LogP contribution < -0.4 is 5.32 Å². The minimum atomic E-state index is 0. The quantitative estimate of drug-likeness (QED) is 0.108. The standard InChI is InChI=1S/C13H18N2.2C13H17NS.C7H12ClN.C6H6S.C4H12B2.6C2H6.CH4.ClH/c1-2-4-12(5-3-1)14-13-10-15-8-6-11(13)7-9-15;2*1-2-4-12(5-3-1)15-13-10-14-8-6-11(13)7-9-14;8-7-5-9-3-1-6(7)2-4-9;7-6-4-2-1-3-5-6;1-5(2)6(3)4;6*1-2;;/h1-5,11,13-14H,6-10H2;2*1-5,11,13H,6-10H2;6-7H,1-5H2;1-5,7H;1-4H3;6*1-2H3;1H4;1H/t3*13-;;;;;;;;;;;/m000.........../s1. The second-order valence-corrected chi connectivity index (χ2v) is 24.6. The molecule has 0 radical (unpaired) electrons. The molecule has 12 aliphatic rings. The van der Waals surface area contributed by atoms with Crippen molar-refractivity contribution in [2.24, 2.45) is 23.7 Å². The average Bonchev–Trinajstić information content (AvgIpc) is 3.53. The van der Waals surface area contributed by atoms with Gasteiger partial charge in [-0.05, 0) is 176 Å². The van der Waals surface area contributed by atoms with Gasteiger partial charge in [0.1, 0.15) is 13.2 Å². The van der Waals surface area contributed by atoms with Crippen LogP contribution in [0.5, 0.6) is 0 Å². The number of hydrogen-bond donors (Lipinski definition) is 2. The molecule has 0 aromatic heterocycles. The van der Waals surface area contributed by atoms with Gasteiger partial charge in [-0.2, -0.15) is 0 Å². The smallest absolute Gasteiger partial charge is 0.102 e. The van der Waals surface area contributed by atoms with E-state index in [1.54, 1.807) is 0 Å². The molecule has 12 heteroatoms. The van der Waals surface area contributed by atoms with E-state index in [9.17, 15) is 0 Å². The monoisotopic (exact) mass is 1210 g/mol. The van der Waals surface area contributed by atoms with Crippen molar-refractivity contribution < 1.29 is 0 Å². The van der Waals surface area contributed by atoms with E-state index in [4.69, 9.17) is 11.6 Å². The molecular weight excluding hydrogens is 1090 g/mol. The fraction of sp³-hybridized carbons (Fsp3) is 0.652. The Bertz CT molecular complexity index is 1750. The van der Waals surface area contributed by atoms with Crippen LogP contribution in [0.2, 0.25) is 27.3 Å². The van der Waals surface area contributed by atoms with Gasteiger partial charge in [-0.15, -0.1) is 60.2 Å². The number of thioether (sulfide) groups is 2. The zero-order chi connectivity index (χ0) is 58.8. The average molecular weight is 1210 g/mol. The number of fused-ring (bicyclic) bond motifs is 12. The third-order valence-electron chi connectivity index (χ3n) is 15.7. The minimum Gasteiger partial charge on any atom is -0.381 e. The fourth-order valence-corrected chi connectivity index (χ4v) is 14.1. The predicted octanol–water partition coefficient (Wildman–Crippen LogP) is 20.0. The lowest BCUT2D eigenvalue weighted by molar-refractivity contribution is 0.0975. The van der Waals surface area contributed by atoms with Crippen molar-refractivity contribution in [2.75, 3.05) is 83.9 Å². The highest BCUT2D eigenvalue weighted by molar-refractivity contribution is 8.00. The molecule has 8 bridgehead atoms. The van der Waals surface area contributed by atoms with Crippen LogP contribution in [-0.2, 0) is 0 Å². The zero-order valence-corrected chi connectivity index (χ0v) is 57.9. The molecule has 4 aromatic carbocycles. The number of nitrogens with zero attached hydrogens (tertiary/aromatic N) is 4. The first-order valence-corrected chi connectivity index (χ1v) is 34.8. The second-order valence-electron chi connectivity index (χ2n) is 20.9. The van der Waals surface area contributed by atoms with E-state index in [-0.39, 0.29) is 19.8 Å². The number of thiol groups is 1. The second kappa shape index (κ2) is 51.5. The highest BCUT2D eigenvalue weighted by Gasteiger charge is 2.36. The molecule has 0 spiro atoms. The maximum absolute atomic E-state index is 6.07. The molecule has 0 aliphatic carbocycles. The molecule has 12 heterocycles. The van der Waals surface area contributed by atoms with Crippen LogP contribution in [0.4, 0.5) is 5.69 Å². The van der Waals surface area contributed by atoms with Gasteiger partial charge >= 0.3 is 0 Å². The molecule has 1 unspecified atom stereocenters. The molecule has 12 fully saturated rings. The van der Waals surface area contributed by atoms with Crippen LogP contribution in [0.1, 0.15) is 142 Å². The van der Waals surface area contributed by atoms with Crippen LogP contribution in [0.15, 0.2) is 136 Å². The Morgan fingerprint density at radius 2 is 0.691 bits per heavy atom. The summed E-state index contributed by atoms with van der Waals surface area (Å²) >= 11 is 14.3. The summed E-state index contributed by atoms with van der Waals surface area (Å²) in [4.78, 5) is 14.2. The SMILES string of the molecule is C.CB(C)B(C)C.CC.CC.CC.CC.CC.CC.Cl.ClC1CN2CCC1CC2.Sc1ccccc1.c1ccc(N[C@H]2CN3CCC2CC3)cc1.c1ccc(S[C@H]2CN3CCC2CC3)cc1.c1ccc(S[C@H]2CN3CCC2CC3)cc1. The number of anilines is 1. The lowest BCUT2D eigenvalue weighted by Gasteiger charge is -2.45. The van der Waals surface area contributed by atoms with Crippen molar-refractivity contribution in [1.29, 1.82) is 0 Å². The largest absolute Gasteiger partial charge is 0.381 e. The Labute approximate surface area is 529 Å². The molecule has 0 amide bonds. The van der Waals surface area contributed by atoms with E-state index in [2.05, 4.69) is 179 Å². The van der Waals surface area contributed by atoms with Gasteiger partial charge in [-0.25, -0.2) is 0 Å².